The fourth-order valence-electron chi connectivity index (χ4n) is 1.78. The molecule has 98 valence electrons. The summed E-state index contributed by atoms with van der Waals surface area (Å²) in [7, 11) is 1.46. The van der Waals surface area contributed by atoms with Gasteiger partial charge in [0, 0.05) is 17.0 Å². The van der Waals surface area contributed by atoms with E-state index < -0.39 is 5.82 Å². The molecule has 0 amide bonds. The minimum atomic E-state index is -0.556. The fraction of sp³-hybridized carbons (Fsp3) is 0.133. The Hall–Kier alpha value is -1.68. The Bertz CT molecular complexity index is 611. The molecule has 0 N–H and O–H groups in total. The van der Waals surface area contributed by atoms with Gasteiger partial charge in [-0.1, -0.05) is 28.1 Å². The predicted molar refractivity (Wildman–Crippen MR) is 75.1 cm³/mol. The number of Topliss-reactive ketones (excluding diaryl/α,β-unsaturated/α-hetero) is 1. The Kier molecular flexibility index (Phi) is 4.32. The monoisotopic (exact) mass is 322 g/mol. The number of carbonyl (C=O) groups is 1. The molecule has 2 aromatic rings. The average Bonchev–Trinajstić information content (AvgIpc) is 2.38. The van der Waals surface area contributed by atoms with Crippen LogP contribution in [-0.2, 0) is 6.42 Å². The maximum atomic E-state index is 13.8. The third-order valence-electron chi connectivity index (χ3n) is 2.73. The van der Waals surface area contributed by atoms with Crippen molar-refractivity contribution in [2.45, 2.75) is 6.42 Å². The van der Waals surface area contributed by atoms with Crippen LogP contribution in [-0.4, -0.2) is 12.9 Å². The van der Waals surface area contributed by atoms with Gasteiger partial charge in [-0.3, -0.25) is 4.79 Å². The minimum absolute atomic E-state index is 0.0841. The molecular weight excluding hydrogens is 311 g/mol. The quantitative estimate of drug-likeness (QED) is 0.795. The Morgan fingerprint density at radius 3 is 2.68 bits per heavy atom. The zero-order valence-corrected chi connectivity index (χ0v) is 11.9. The average molecular weight is 323 g/mol. The van der Waals surface area contributed by atoms with Gasteiger partial charge < -0.3 is 4.74 Å². The van der Waals surface area contributed by atoms with E-state index in [9.17, 15) is 9.18 Å². The molecule has 0 fully saturated rings. The molecule has 0 saturated carbocycles. The molecule has 0 bridgehead atoms. The van der Waals surface area contributed by atoms with E-state index in [0.717, 1.165) is 10.0 Å². The van der Waals surface area contributed by atoms with Crippen molar-refractivity contribution in [3.05, 3.63) is 63.9 Å². The van der Waals surface area contributed by atoms with Gasteiger partial charge in [-0.15, -0.1) is 0 Å². The summed E-state index contributed by atoms with van der Waals surface area (Å²) >= 11 is 3.34. The lowest BCUT2D eigenvalue weighted by molar-refractivity contribution is 0.0989. The van der Waals surface area contributed by atoms with Gasteiger partial charge in [-0.05, 0) is 29.8 Å². The van der Waals surface area contributed by atoms with Crippen LogP contribution in [0.1, 0.15) is 15.9 Å². The van der Waals surface area contributed by atoms with Crippen molar-refractivity contribution in [2.24, 2.45) is 0 Å². The van der Waals surface area contributed by atoms with Gasteiger partial charge in [0.15, 0.2) is 5.78 Å². The van der Waals surface area contributed by atoms with Gasteiger partial charge in [0.25, 0.3) is 0 Å². The van der Waals surface area contributed by atoms with Gasteiger partial charge in [-0.25, -0.2) is 4.39 Å². The molecule has 2 nitrogen and oxygen atoms in total. The normalized spacial score (nSPS) is 10.3. The zero-order chi connectivity index (χ0) is 13.8. The summed E-state index contributed by atoms with van der Waals surface area (Å²) in [6.45, 7) is 0. The predicted octanol–water partition coefficient (Wildman–Crippen LogP) is 4.02. The van der Waals surface area contributed by atoms with E-state index >= 15 is 0 Å². The number of carbonyl (C=O) groups excluding carboxylic acids is 1. The zero-order valence-electron chi connectivity index (χ0n) is 10.3. The van der Waals surface area contributed by atoms with E-state index in [-0.39, 0.29) is 17.8 Å². The molecule has 2 aromatic carbocycles. The second-order valence-electron chi connectivity index (χ2n) is 4.08. The molecule has 0 saturated heterocycles. The van der Waals surface area contributed by atoms with Crippen LogP contribution in [0.5, 0.6) is 5.75 Å². The number of methoxy groups -OCH3 is 1. The van der Waals surface area contributed by atoms with Crippen LogP contribution in [0.2, 0.25) is 0 Å². The largest absolute Gasteiger partial charge is 0.497 e. The fourth-order valence-corrected chi connectivity index (χ4v) is 2.22. The first-order chi connectivity index (χ1) is 9.10. The van der Waals surface area contributed by atoms with Gasteiger partial charge in [0.05, 0.1) is 12.7 Å². The Labute approximate surface area is 119 Å². The van der Waals surface area contributed by atoms with Gasteiger partial charge in [-0.2, -0.15) is 0 Å². The lowest BCUT2D eigenvalue weighted by Gasteiger charge is -2.05. The first-order valence-corrected chi connectivity index (χ1v) is 6.50. The van der Waals surface area contributed by atoms with E-state index in [0.29, 0.717) is 5.75 Å². The van der Waals surface area contributed by atoms with E-state index in [1.54, 1.807) is 6.07 Å². The van der Waals surface area contributed by atoms with Crippen molar-refractivity contribution in [1.82, 2.24) is 0 Å². The number of hydrogen-bond donors (Lipinski definition) is 0. The van der Waals surface area contributed by atoms with Crippen LogP contribution < -0.4 is 4.74 Å². The van der Waals surface area contributed by atoms with Gasteiger partial charge in [0.1, 0.15) is 11.6 Å². The van der Waals surface area contributed by atoms with E-state index in [4.69, 9.17) is 4.74 Å². The van der Waals surface area contributed by atoms with Crippen LogP contribution in [0.4, 0.5) is 4.39 Å². The van der Waals surface area contributed by atoms with Crippen molar-refractivity contribution in [3.8, 4) is 5.75 Å². The number of halogens is 2. The van der Waals surface area contributed by atoms with E-state index in [1.165, 1.54) is 19.2 Å². The van der Waals surface area contributed by atoms with Crippen molar-refractivity contribution < 1.29 is 13.9 Å². The van der Waals surface area contributed by atoms with Crippen molar-refractivity contribution >= 4 is 21.7 Å². The molecule has 2 rings (SSSR count). The standard InChI is InChI=1S/C15H12BrFO2/c1-19-12-5-6-13(14(17)9-12)15(18)8-10-3-2-4-11(16)7-10/h2-7,9H,8H2,1H3. The van der Waals surface area contributed by atoms with Crippen LogP contribution in [0.3, 0.4) is 0 Å². The molecule has 0 aromatic heterocycles. The minimum Gasteiger partial charge on any atom is -0.497 e. The van der Waals surface area contributed by atoms with Gasteiger partial charge in [0.2, 0.25) is 0 Å². The molecule has 0 aliphatic rings. The lowest BCUT2D eigenvalue weighted by atomic mass is 10.0. The molecule has 4 heteroatoms. The molecule has 0 radical (unpaired) electrons. The molecule has 19 heavy (non-hydrogen) atoms. The number of benzene rings is 2. The highest BCUT2D eigenvalue weighted by molar-refractivity contribution is 9.10. The van der Waals surface area contributed by atoms with Crippen molar-refractivity contribution in [1.29, 1.82) is 0 Å². The maximum absolute atomic E-state index is 13.8. The summed E-state index contributed by atoms with van der Waals surface area (Å²) in [5, 5.41) is 0. The summed E-state index contributed by atoms with van der Waals surface area (Å²) in [4.78, 5) is 12.0. The van der Waals surface area contributed by atoms with Crippen molar-refractivity contribution in [3.63, 3.8) is 0 Å². The summed E-state index contributed by atoms with van der Waals surface area (Å²) in [5.74, 6) is -0.408. The number of hydrogen-bond acceptors (Lipinski definition) is 2. The third-order valence-corrected chi connectivity index (χ3v) is 3.22. The molecular formula is C15H12BrFO2. The molecule has 0 aliphatic heterocycles. The second-order valence-corrected chi connectivity index (χ2v) is 4.99. The third kappa shape index (κ3) is 3.41. The SMILES string of the molecule is COc1ccc(C(=O)Cc2cccc(Br)c2)c(F)c1. The highest BCUT2D eigenvalue weighted by Gasteiger charge is 2.13. The van der Waals surface area contributed by atoms with Gasteiger partial charge >= 0.3 is 0 Å². The number of ether oxygens (including phenoxy) is 1. The Morgan fingerprint density at radius 2 is 2.05 bits per heavy atom. The molecule has 0 atom stereocenters. The summed E-state index contributed by atoms with van der Waals surface area (Å²) in [6, 6.07) is 11.7. The second kappa shape index (κ2) is 5.97. The van der Waals surface area contributed by atoms with Crippen LogP contribution >= 0.6 is 15.9 Å². The number of rotatable bonds is 4. The molecule has 0 spiro atoms. The summed E-state index contributed by atoms with van der Waals surface area (Å²) < 4.78 is 19.6. The lowest BCUT2D eigenvalue weighted by Crippen LogP contribution is -2.06. The maximum Gasteiger partial charge on any atom is 0.170 e. The first kappa shape index (κ1) is 13.7. The Morgan fingerprint density at radius 1 is 1.26 bits per heavy atom. The topological polar surface area (TPSA) is 26.3 Å². The van der Waals surface area contributed by atoms with Crippen LogP contribution in [0.25, 0.3) is 0 Å². The van der Waals surface area contributed by atoms with E-state index in [1.807, 2.05) is 24.3 Å². The van der Waals surface area contributed by atoms with Crippen molar-refractivity contribution in [2.75, 3.05) is 7.11 Å². The highest BCUT2D eigenvalue weighted by atomic mass is 79.9. The number of ketones is 1. The first-order valence-electron chi connectivity index (χ1n) is 5.71. The summed E-state index contributed by atoms with van der Waals surface area (Å²) in [6.07, 6.45) is 0.169. The smallest absolute Gasteiger partial charge is 0.170 e. The Balaban J connectivity index is 2.20. The van der Waals surface area contributed by atoms with Crippen LogP contribution in [0.15, 0.2) is 46.9 Å². The van der Waals surface area contributed by atoms with E-state index in [2.05, 4.69) is 15.9 Å². The van der Waals surface area contributed by atoms with Crippen LogP contribution in [0, 0.1) is 5.82 Å². The molecule has 0 unspecified atom stereocenters. The highest BCUT2D eigenvalue weighted by Crippen LogP contribution is 2.19. The molecule has 0 heterocycles. The summed E-state index contributed by atoms with van der Waals surface area (Å²) in [5.41, 5.74) is 0.926. The molecule has 0 aliphatic carbocycles.